The summed E-state index contributed by atoms with van der Waals surface area (Å²) in [5.74, 6) is -3.27. The average Bonchev–Trinajstić information content (AvgIpc) is 3.43. The van der Waals surface area contributed by atoms with Gasteiger partial charge in [0, 0.05) is 53.2 Å². The number of carbonyl (C=O) groups is 2. The summed E-state index contributed by atoms with van der Waals surface area (Å²) in [5.41, 5.74) is 0.496. The van der Waals surface area contributed by atoms with E-state index in [1.807, 2.05) is 25.3 Å². The maximum Gasteiger partial charge on any atom is 0.425 e. The van der Waals surface area contributed by atoms with E-state index in [0.29, 0.717) is 34.6 Å². The highest BCUT2D eigenvalue weighted by molar-refractivity contribution is 7.86. The summed E-state index contributed by atoms with van der Waals surface area (Å²) < 4.78 is 159. The van der Waals surface area contributed by atoms with E-state index in [4.69, 9.17) is 30.0 Å². The molecule has 0 bridgehead atoms. The molecule has 340 valence electrons. The minimum absolute atomic E-state index is 0. The SMILES string of the molecule is C.CCCOC(=O)c1cccc2c1C(C)(C)C(/C=C/C=C1/N(CCCS(=O)(=O)O)c3cc(S(=O)(=O)O)cc(C(=O)O)c3C1(C)C)=[N+]2CCCS(=O)(=O)[O-].O=S(=O)=O.O=S(=O)=O. The van der Waals surface area contributed by atoms with Gasteiger partial charge < -0.3 is 19.3 Å². The van der Waals surface area contributed by atoms with E-state index >= 15 is 0 Å². The zero-order chi connectivity index (χ0) is 46.2. The van der Waals surface area contributed by atoms with Crippen LogP contribution >= 0.6 is 0 Å². The van der Waals surface area contributed by atoms with Gasteiger partial charge >= 0.3 is 33.2 Å². The normalized spacial score (nSPS) is 15.7. The van der Waals surface area contributed by atoms with Crippen molar-refractivity contribution >= 4 is 80.6 Å². The summed E-state index contributed by atoms with van der Waals surface area (Å²) in [5, 5.41) is 10.1. The third kappa shape index (κ3) is 14.7. The Balaban J connectivity index is 0.00000190. The summed E-state index contributed by atoms with van der Waals surface area (Å²) in [4.78, 5) is 26.5. The number of ether oxygens (including phenoxy) is 1. The van der Waals surface area contributed by atoms with Gasteiger partial charge in [-0.05, 0) is 51.0 Å². The molecule has 0 atom stereocenters. The molecule has 2 heterocycles. The molecule has 3 N–H and O–H groups in total. The second-order valence-electron chi connectivity index (χ2n) is 14.0. The number of anilines is 1. The zero-order valence-corrected chi connectivity index (χ0v) is 36.7. The largest absolute Gasteiger partial charge is 0.748 e. The Morgan fingerprint density at radius 1 is 0.869 bits per heavy atom. The fraction of sp³-hybridized carbons (Fsp3) is 0.457. The van der Waals surface area contributed by atoms with Crippen LogP contribution in [0, 0.1) is 0 Å². The Bertz CT molecular complexity index is 2640. The van der Waals surface area contributed by atoms with E-state index in [2.05, 4.69) is 0 Å². The molecule has 0 aromatic heterocycles. The van der Waals surface area contributed by atoms with Crippen LogP contribution in [0.5, 0.6) is 0 Å². The Morgan fingerprint density at radius 3 is 1.93 bits per heavy atom. The molecule has 21 nitrogen and oxygen atoms in total. The molecule has 2 aromatic carbocycles. The number of rotatable bonds is 15. The number of carboxylic acids is 1. The second kappa shape index (κ2) is 21.4. The van der Waals surface area contributed by atoms with Crippen LogP contribution < -0.4 is 4.90 Å². The first-order chi connectivity index (χ1) is 27.4. The summed E-state index contributed by atoms with van der Waals surface area (Å²) in [7, 11) is -20.0. The molecule has 0 fully saturated rings. The zero-order valence-electron chi connectivity index (χ0n) is 32.6. The van der Waals surface area contributed by atoms with E-state index in [1.165, 1.54) is 4.90 Å². The fourth-order valence-corrected chi connectivity index (χ4v) is 8.46. The third-order valence-corrected chi connectivity index (χ3v) is 11.5. The summed E-state index contributed by atoms with van der Waals surface area (Å²) in [6, 6.07) is 7.04. The number of benzene rings is 2. The number of carbonyl (C=O) groups excluding carboxylic acids is 1. The van der Waals surface area contributed by atoms with Crippen molar-refractivity contribution in [2.75, 3.05) is 36.1 Å². The highest BCUT2D eigenvalue weighted by atomic mass is 32.2. The Morgan fingerprint density at radius 2 is 1.44 bits per heavy atom. The molecule has 4 rings (SSSR count). The standard InChI is InChI=1S/C34H42N2O13S3.CH4.2O3S/c1-6-17-49-32(39)23-11-7-12-25-29(23)33(2,3)27(35(25)15-9-18-50(40,41)42)13-8-14-28-34(4,5)30-24(31(37)38)20-22(52(46,47)48)21-26(30)36(28)16-10-19-51(43,44)45;;2*1-4(2)3/h7-8,11-14,20-21H,6,9-10,15-19H2,1-5H3,(H3-,37,38,40,41,42,43,44,45,46,47,48);1H4;;. The van der Waals surface area contributed by atoms with Gasteiger partial charge in [0.05, 0.1) is 49.5 Å². The topological polar surface area (TPSA) is 338 Å². The van der Waals surface area contributed by atoms with Crippen LogP contribution in [0.15, 0.2) is 59.2 Å². The lowest BCUT2D eigenvalue weighted by molar-refractivity contribution is -0.437. The molecule has 0 saturated heterocycles. The molecule has 26 heteroatoms. The summed E-state index contributed by atoms with van der Waals surface area (Å²) in [6.45, 7) is 9.18. The highest BCUT2D eigenvalue weighted by Gasteiger charge is 2.48. The van der Waals surface area contributed by atoms with Crippen molar-refractivity contribution < 1.29 is 88.2 Å². The van der Waals surface area contributed by atoms with Crippen LogP contribution in [0.1, 0.15) is 93.2 Å². The van der Waals surface area contributed by atoms with Crippen LogP contribution in [-0.4, -0.2) is 123 Å². The average molecular weight is 959 g/mol. The van der Waals surface area contributed by atoms with E-state index in [0.717, 1.165) is 12.1 Å². The molecule has 0 aliphatic carbocycles. The first-order valence-electron chi connectivity index (χ1n) is 17.3. The number of allylic oxidation sites excluding steroid dienone is 4. The molecule has 0 unspecified atom stereocenters. The molecule has 61 heavy (non-hydrogen) atoms. The maximum atomic E-state index is 13.2. The number of hydrogen-bond acceptors (Lipinski definition) is 17. The molecule has 0 spiro atoms. The van der Waals surface area contributed by atoms with Crippen molar-refractivity contribution in [3.05, 3.63) is 76.5 Å². The van der Waals surface area contributed by atoms with Gasteiger partial charge in [-0.1, -0.05) is 40.3 Å². The predicted molar refractivity (Wildman–Crippen MR) is 217 cm³/mol. The van der Waals surface area contributed by atoms with E-state index in [1.54, 1.807) is 50.3 Å². The number of nitrogens with zero attached hydrogens (tertiary/aromatic N) is 2. The Kier molecular flexibility index (Phi) is 19.1. The number of carboxylic acid groups (broad SMARTS) is 1. The maximum absolute atomic E-state index is 13.2. The van der Waals surface area contributed by atoms with E-state index < -0.39 is 96.3 Å². The van der Waals surface area contributed by atoms with Crippen molar-refractivity contribution in [3.63, 3.8) is 0 Å². The third-order valence-electron chi connectivity index (χ3n) is 9.08. The quantitative estimate of drug-likeness (QED) is 0.131. The van der Waals surface area contributed by atoms with E-state index in [9.17, 15) is 53.6 Å². The van der Waals surface area contributed by atoms with Gasteiger partial charge in [0.1, 0.15) is 6.54 Å². The van der Waals surface area contributed by atoms with Gasteiger partial charge in [-0.15, -0.1) is 25.3 Å². The lowest BCUT2D eigenvalue weighted by Crippen LogP contribution is -2.30. The Hall–Kier alpha value is -4.70. The summed E-state index contributed by atoms with van der Waals surface area (Å²) in [6.07, 6.45) is 5.43. The van der Waals surface area contributed by atoms with Crippen molar-refractivity contribution in [1.29, 1.82) is 0 Å². The number of aromatic carboxylic acids is 1. The lowest BCUT2D eigenvalue weighted by atomic mass is 9.78. The summed E-state index contributed by atoms with van der Waals surface area (Å²) >= 11 is 0. The molecule has 0 saturated carbocycles. The van der Waals surface area contributed by atoms with Crippen molar-refractivity contribution in [2.45, 2.75) is 77.0 Å². The van der Waals surface area contributed by atoms with Gasteiger partial charge in [0.2, 0.25) is 5.69 Å². The molecular weight excluding hydrogens is 913 g/mol. The monoisotopic (exact) mass is 958 g/mol. The predicted octanol–water partition coefficient (Wildman–Crippen LogP) is 2.65. The van der Waals surface area contributed by atoms with E-state index in [-0.39, 0.29) is 51.2 Å². The fourth-order valence-electron chi connectivity index (χ4n) is 6.96. The van der Waals surface area contributed by atoms with Crippen LogP contribution in [-0.2, 0) is 67.1 Å². The van der Waals surface area contributed by atoms with Crippen LogP contribution in [0.25, 0.3) is 0 Å². The van der Waals surface area contributed by atoms with Crippen molar-refractivity contribution in [3.8, 4) is 0 Å². The molecular formula is C35H46N2O19S5. The highest BCUT2D eigenvalue weighted by Crippen LogP contribution is 2.50. The van der Waals surface area contributed by atoms with Gasteiger partial charge in [0.25, 0.3) is 20.2 Å². The van der Waals surface area contributed by atoms with Gasteiger partial charge in [-0.25, -0.2) is 18.0 Å². The molecule has 2 aromatic rings. The molecule has 2 aliphatic rings. The van der Waals surface area contributed by atoms with Gasteiger partial charge in [-0.2, -0.15) is 21.4 Å². The number of fused-ring (bicyclic) bond motifs is 2. The minimum Gasteiger partial charge on any atom is -0.748 e. The second-order valence-corrected chi connectivity index (χ2v) is 19.3. The molecule has 0 amide bonds. The van der Waals surface area contributed by atoms with Crippen LogP contribution in [0.4, 0.5) is 11.4 Å². The van der Waals surface area contributed by atoms with Crippen LogP contribution in [0.3, 0.4) is 0 Å². The van der Waals surface area contributed by atoms with Crippen molar-refractivity contribution in [2.24, 2.45) is 0 Å². The van der Waals surface area contributed by atoms with Crippen LogP contribution in [0.2, 0.25) is 0 Å². The minimum atomic E-state index is -4.87. The lowest BCUT2D eigenvalue weighted by Gasteiger charge is -2.27. The number of hydrogen-bond donors (Lipinski definition) is 3. The first-order valence-corrected chi connectivity index (χ1v) is 23.9. The first kappa shape index (κ1) is 54.3. The number of esters is 1. The Labute approximate surface area is 356 Å². The van der Waals surface area contributed by atoms with Gasteiger partial charge in [-0.3, -0.25) is 9.11 Å². The molecule has 2 aliphatic heterocycles. The molecule has 0 radical (unpaired) electrons. The van der Waals surface area contributed by atoms with Crippen molar-refractivity contribution in [1.82, 2.24) is 0 Å². The van der Waals surface area contributed by atoms with Gasteiger partial charge in [0.15, 0.2) is 5.71 Å². The smallest absolute Gasteiger partial charge is 0.425 e.